The van der Waals surface area contributed by atoms with E-state index in [1.165, 1.54) is 4.57 Å². The van der Waals surface area contributed by atoms with Crippen molar-refractivity contribution in [2.24, 2.45) is 0 Å². The number of nitrogens with zero attached hydrogens (tertiary/aromatic N) is 6. The number of fused-ring (bicyclic) bond motifs is 1. The molecule has 174 valence electrons. The Labute approximate surface area is 181 Å². The number of rotatable bonds is 9. The Kier molecular flexibility index (Phi) is 7.28. The van der Waals surface area contributed by atoms with E-state index in [1.807, 2.05) is 13.8 Å². The van der Waals surface area contributed by atoms with Crippen molar-refractivity contribution < 1.29 is 30.6 Å². The Hall–Kier alpha value is -2.81. The van der Waals surface area contributed by atoms with E-state index in [2.05, 4.69) is 20.5 Å². The van der Waals surface area contributed by atoms with Gasteiger partial charge in [0.15, 0.2) is 5.69 Å². The van der Waals surface area contributed by atoms with Gasteiger partial charge in [-0.3, -0.25) is 4.79 Å². The van der Waals surface area contributed by atoms with E-state index < -0.39 is 49.7 Å². The molecule has 2 heterocycles. The van der Waals surface area contributed by atoms with Crippen molar-refractivity contribution >= 4 is 11.0 Å². The molecule has 32 heavy (non-hydrogen) atoms. The van der Waals surface area contributed by atoms with Gasteiger partial charge in [0.25, 0.3) is 5.56 Å². The summed E-state index contributed by atoms with van der Waals surface area (Å²) in [6.07, 6.45) is -6.04. The predicted molar refractivity (Wildman–Crippen MR) is 110 cm³/mol. The Morgan fingerprint density at radius 1 is 0.969 bits per heavy atom. The van der Waals surface area contributed by atoms with Crippen LogP contribution in [0.5, 0.6) is 0 Å². The zero-order chi connectivity index (χ0) is 23.6. The van der Waals surface area contributed by atoms with Gasteiger partial charge >= 0.3 is 0 Å². The molecule has 0 spiro atoms. The fourth-order valence-electron chi connectivity index (χ4n) is 3.24. The van der Waals surface area contributed by atoms with Gasteiger partial charge in [-0.2, -0.15) is 0 Å². The molecule has 13 heteroatoms. The summed E-state index contributed by atoms with van der Waals surface area (Å²) in [6, 6.07) is 3.45. The molecule has 6 N–H and O–H groups in total. The molecule has 0 saturated carbocycles. The quantitative estimate of drug-likeness (QED) is 0.195. The largest absolute Gasteiger partial charge is 0.394 e. The maximum atomic E-state index is 13.4. The van der Waals surface area contributed by atoms with Gasteiger partial charge in [-0.1, -0.05) is 0 Å². The van der Waals surface area contributed by atoms with Crippen LogP contribution < -0.4 is 5.56 Å². The van der Waals surface area contributed by atoms with Gasteiger partial charge in [0.2, 0.25) is 5.82 Å². The lowest BCUT2D eigenvalue weighted by Gasteiger charge is -2.23. The van der Waals surface area contributed by atoms with Crippen molar-refractivity contribution in [2.75, 3.05) is 13.2 Å². The monoisotopic (exact) mass is 450 g/mol. The smallest absolute Gasteiger partial charge is 0.281 e. The molecule has 0 aliphatic carbocycles. The lowest BCUT2D eigenvalue weighted by Crippen LogP contribution is -2.43. The summed E-state index contributed by atoms with van der Waals surface area (Å²) < 4.78 is 2.31. The molecule has 3 rings (SSSR count). The second-order valence-electron chi connectivity index (χ2n) is 7.63. The molecule has 0 aliphatic heterocycles. The molecule has 1 unspecified atom stereocenters. The minimum atomic E-state index is -1.70. The summed E-state index contributed by atoms with van der Waals surface area (Å²) in [6.45, 7) is 1.81. The maximum Gasteiger partial charge on any atom is 0.281 e. The number of benzene rings is 1. The predicted octanol–water partition coefficient (Wildman–Crippen LogP) is -2.90. The van der Waals surface area contributed by atoms with E-state index in [4.69, 9.17) is 10.2 Å². The van der Waals surface area contributed by atoms with Crippen LogP contribution in [0.2, 0.25) is 0 Å². The van der Waals surface area contributed by atoms with E-state index >= 15 is 0 Å². The first-order valence-electron chi connectivity index (χ1n) is 9.90. The Bertz CT molecular complexity index is 1150. The Morgan fingerprint density at radius 3 is 2.31 bits per heavy atom. The van der Waals surface area contributed by atoms with E-state index in [9.17, 15) is 25.2 Å². The Morgan fingerprint density at radius 2 is 1.66 bits per heavy atom. The highest BCUT2D eigenvalue weighted by Gasteiger charge is 2.27. The molecule has 0 radical (unpaired) electrons. The fraction of sp³-hybridized carbons (Fsp3) is 0.526. The van der Waals surface area contributed by atoms with Gasteiger partial charge in [-0.15, -0.1) is 5.10 Å². The second kappa shape index (κ2) is 9.77. The first kappa shape index (κ1) is 23.8. The summed E-state index contributed by atoms with van der Waals surface area (Å²) in [5.74, 6) is -0.0539. The highest BCUT2D eigenvalue weighted by molar-refractivity contribution is 5.79. The number of aliphatic hydroxyl groups is 6. The SMILES string of the molecule is Cc1cc2nc(-c3nnnn3CC(O)CO)c(=O)n(C[C@H](O)[C@H](O)[C@H](O)CO)c2cc1C. The normalized spacial score (nSPS) is 15.6. The van der Waals surface area contributed by atoms with Gasteiger partial charge in [-0.25, -0.2) is 9.67 Å². The highest BCUT2D eigenvalue weighted by atomic mass is 16.4. The maximum absolute atomic E-state index is 13.4. The van der Waals surface area contributed by atoms with Crippen molar-refractivity contribution in [3.8, 4) is 11.5 Å². The standard InChI is InChI=1S/C19H26N6O7/c1-9-3-12-13(4-10(9)2)24(6-14(29)17(31)15(30)8-27)19(32)16(20-12)18-21-22-23-25(18)5-11(28)7-26/h3-4,11,14-15,17,26-31H,5-8H2,1-2H3/t11?,14-,15+,17-/m0/s1. The van der Waals surface area contributed by atoms with Crippen molar-refractivity contribution in [2.45, 2.75) is 51.4 Å². The fourth-order valence-corrected chi connectivity index (χ4v) is 3.24. The highest BCUT2D eigenvalue weighted by Crippen LogP contribution is 2.21. The molecule has 4 atom stereocenters. The summed E-state index contributed by atoms with van der Waals surface area (Å²) in [5, 5.41) is 69.1. The van der Waals surface area contributed by atoms with Crippen LogP contribution >= 0.6 is 0 Å². The van der Waals surface area contributed by atoms with E-state index in [0.717, 1.165) is 15.8 Å². The minimum absolute atomic E-state index is 0.0539. The van der Waals surface area contributed by atoms with Crippen LogP contribution in [-0.4, -0.2) is 98.0 Å². The minimum Gasteiger partial charge on any atom is -0.394 e. The molecule has 0 fully saturated rings. The van der Waals surface area contributed by atoms with E-state index in [-0.39, 0.29) is 18.1 Å². The molecule has 1 aromatic carbocycles. The van der Waals surface area contributed by atoms with Crippen LogP contribution in [0.15, 0.2) is 16.9 Å². The molecule has 13 nitrogen and oxygen atoms in total. The molecular weight excluding hydrogens is 424 g/mol. The van der Waals surface area contributed by atoms with Crippen molar-refractivity contribution in [1.29, 1.82) is 0 Å². The third kappa shape index (κ3) is 4.67. The number of aromatic nitrogens is 6. The summed E-state index contributed by atoms with van der Waals surface area (Å²) in [7, 11) is 0. The first-order valence-corrected chi connectivity index (χ1v) is 9.90. The van der Waals surface area contributed by atoms with Crippen molar-refractivity contribution in [1.82, 2.24) is 29.8 Å². The van der Waals surface area contributed by atoms with Crippen LogP contribution in [0, 0.1) is 13.8 Å². The number of aryl methyl sites for hydroxylation is 2. The van der Waals surface area contributed by atoms with Crippen molar-refractivity contribution in [3.63, 3.8) is 0 Å². The van der Waals surface area contributed by atoms with Crippen LogP contribution in [0.3, 0.4) is 0 Å². The molecule has 0 saturated heterocycles. The molecule has 3 aromatic rings. The summed E-state index contributed by atoms with van der Waals surface area (Å²) >= 11 is 0. The third-order valence-electron chi connectivity index (χ3n) is 5.24. The lowest BCUT2D eigenvalue weighted by atomic mass is 10.1. The second-order valence-corrected chi connectivity index (χ2v) is 7.63. The van der Waals surface area contributed by atoms with Crippen LogP contribution in [0.25, 0.3) is 22.6 Å². The summed E-state index contributed by atoms with van der Waals surface area (Å²) in [5.41, 5.74) is 1.68. The van der Waals surface area contributed by atoms with Gasteiger partial charge in [0, 0.05) is 0 Å². The molecule has 0 aliphatic rings. The average Bonchev–Trinajstić information content (AvgIpc) is 3.23. The zero-order valence-corrected chi connectivity index (χ0v) is 17.6. The molecule has 0 amide bonds. The van der Waals surface area contributed by atoms with Gasteiger partial charge < -0.3 is 35.2 Å². The van der Waals surface area contributed by atoms with Gasteiger partial charge in [-0.05, 0) is 47.5 Å². The van der Waals surface area contributed by atoms with Gasteiger partial charge in [0.1, 0.15) is 18.3 Å². The number of hydrogen-bond acceptors (Lipinski definition) is 11. The van der Waals surface area contributed by atoms with E-state index in [1.54, 1.807) is 12.1 Å². The van der Waals surface area contributed by atoms with Crippen molar-refractivity contribution in [3.05, 3.63) is 33.6 Å². The number of tetrazole rings is 1. The summed E-state index contributed by atoms with van der Waals surface area (Å²) in [4.78, 5) is 17.8. The number of aliphatic hydroxyl groups excluding tert-OH is 6. The van der Waals surface area contributed by atoms with Crippen LogP contribution in [0.1, 0.15) is 11.1 Å². The molecular formula is C19H26N6O7. The van der Waals surface area contributed by atoms with E-state index in [0.29, 0.717) is 11.0 Å². The topological polar surface area (TPSA) is 200 Å². The lowest BCUT2D eigenvalue weighted by molar-refractivity contribution is -0.0805. The Balaban J connectivity index is 2.18. The number of hydrogen-bond donors (Lipinski definition) is 6. The van der Waals surface area contributed by atoms with Crippen LogP contribution in [0.4, 0.5) is 0 Å². The van der Waals surface area contributed by atoms with Gasteiger partial charge in [0.05, 0.1) is 43.4 Å². The van der Waals surface area contributed by atoms with Crippen LogP contribution in [-0.2, 0) is 13.1 Å². The molecule has 0 bridgehead atoms. The molecule has 2 aromatic heterocycles. The zero-order valence-electron chi connectivity index (χ0n) is 17.6. The first-order chi connectivity index (χ1) is 15.2. The third-order valence-corrected chi connectivity index (χ3v) is 5.24. The average molecular weight is 450 g/mol.